The lowest BCUT2D eigenvalue weighted by Gasteiger charge is -2.35. The molecule has 2 aliphatic heterocycles. The summed E-state index contributed by atoms with van der Waals surface area (Å²) >= 11 is 0. The van der Waals surface area contributed by atoms with Crippen LogP contribution in [-0.4, -0.2) is 62.2 Å². The number of hydrogen-bond acceptors (Lipinski definition) is 5. The summed E-state index contributed by atoms with van der Waals surface area (Å²) in [5.74, 6) is 1.12. The molecule has 0 radical (unpaired) electrons. The molecule has 2 unspecified atom stereocenters. The third-order valence-corrected chi connectivity index (χ3v) is 6.61. The van der Waals surface area contributed by atoms with Crippen LogP contribution in [-0.2, 0) is 4.79 Å². The lowest BCUT2D eigenvalue weighted by atomic mass is 10.1. The fraction of sp³-hybridized carbons (Fsp3) is 0.381. The first-order valence-corrected chi connectivity index (χ1v) is 10.3. The number of carbonyl (C=O) groups is 1. The first-order valence-electron chi connectivity index (χ1n) is 9.27. The van der Waals surface area contributed by atoms with Gasteiger partial charge in [-0.3, -0.25) is 4.79 Å². The zero-order valence-corrected chi connectivity index (χ0v) is 17.2. The van der Waals surface area contributed by atoms with Crippen LogP contribution < -0.4 is 10.1 Å². The Labute approximate surface area is 163 Å². The van der Waals surface area contributed by atoms with Gasteiger partial charge in [-0.2, -0.15) is 0 Å². The van der Waals surface area contributed by atoms with Gasteiger partial charge in [0.25, 0.3) is 0 Å². The van der Waals surface area contributed by atoms with Crippen LogP contribution in [0.3, 0.4) is 0 Å². The Kier molecular flexibility index (Phi) is 6.70. The largest absolute Gasteiger partial charge is 0.496 e. The number of aryl methyl sites for hydroxylation is 1. The maximum Gasteiger partial charge on any atom is 0.143 e. The van der Waals surface area contributed by atoms with E-state index < -0.39 is 0 Å². The Balaban J connectivity index is 1.73. The number of ether oxygens (including phenoxy) is 1. The highest BCUT2D eigenvalue weighted by Crippen LogP contribution is 2.41. The van der Waals surface area contributed by atoms with E-state index in [1.165, 1.54) is 5.70 Å². The highest BCUT2D eigenvalue weighted by atomic mass is 31.1. The molecule has 1 aromatic carbocycles. The number of allylic oxidation sites excluding steroid dienone is 2. The maximum atomic E-state index is 11.2. The maximum absolute atomic E-state index is 11.2. The van der Waals surface area contributed by atoms with E-state index in [9.17, 15) is 4.79 Å². The molecule has 5 nitrogen and oxygen atoms in total. The molecule has 0 aliphatic carbocycles. The number of likely N-dealkylation sites (N-methyl/N-ethyl adjacent to an activating group) is 1. The minimum absolute atomic E-state index is 0.255. The molecule has 3 rings (SSSR count). The van der Waals surface area contributed by atoms with E-state index in [4.69, 9.17) is 4.74 Å². The van der Waals surface area contributed by atoms with Crippen molar-refractivity contribution in [3.05, 3.63) is 59.5 Å². The molecule has 27 heavy (non-hydrogen) atoms. The molecule has 0 amide bonds. The van der Waals surface area contributed by atoms with Gasteiger partial charge >= 0.3 is 0 Å². The van der Waals surface area contributed by atoms with E-state index in [1.54, 1.807) is 13.2 Å². The van der Waals surface area contributed by atoms with Crippen molar-refractivity contribution < 1.29 is 9.53 Å². The molecule has 0 bridgehead atoms. The molecule has 1 aromatic rings. The van der Waals surface area contributed by atoms with Crippen molar-refractivity contribution in [1.29, 1.82) is 0 Å². The zero-order chi connectivity index (χ0) is 19.2. The Hall–Kier alpha value is -2.10. The van der Waals surface area contributed by atoms with E-state index >= 15 is 0 Å². The Bertz CT molecular complexity index is 767. The van der Waals surface area contributed by atoms with Crippen molar-refractivity contribution in [2.45, 2.75) is 12.7 Å². The topological polar surface area (TPSA) is 44.8 Å². The smallest absolute Gasteiger partial charge is 0.143 e. The molecule has 1 fully saturated rings. The number of aldehydes is 1. The standard InChI is InChI=1S/C21H28N3O2P/c1-16-14-17(4-6-19(16)26-3)20(8-13-25)27-21-7-5-18(15-23(21)2)24-11-9-22-10-12-24/h4-8,13-15,21-22,27H,9-12H2,1-3H3/b20-8-. The highest BCUT2D eigenvalue weighted by molar-refractivity contribution is 7.51. The van der Waals surface area contributed by atoms with E-state index in [-0.39, 0.29) is 5.78 Å². The Morgan fingerprint density at radius 3 is 2.74 bits per heavy atom. The summed E-state index contributed by atoms with van der Waals surface area (Å²) in [5, 5.41) is 4.46. The first kappa shape index (κ1) is 19.7. The van der Waals surface area contributed by atoms with Crippen LogP contribution in [0.1, 0.15) is 11.1 Å². The fourth-order valence-corrected chi connectivity index (χ4v) is 4.69. The van der Waals surface area contributed by atoms with E-state index in [0.29, 0.717) is 8.58 Å². The number of nitrogens with zero attached hydrogens (tertiary/aromatic N) is 2. The van der Waals surface area contributed by atoms with Crippen molar-refractivity contribution >= 4 is 20.2 Å². The summed E-state index contributed by atoms with van der Waals surface area (Å²) in [6.07, 6.45) is 9.28. The molecule has 144 valence electrons. The molecule has 6 heteroatoms. The van der Waals surface area contributed by atoms with Gasteiger partial charge in [0, 0.05) is 39.4 Å². The number of methoxy groups -OCH3 is 1. The van der Waals surface area contributed by atoms with Gasteiger partial charge in [0.1, 0.15) is 12.0 Å². The molecule has 2 aliphatic rings. The zero-order valence-electron chi connectivity index (χ0n) is 16.2. The average molecular weight is 385 g/mol. The molecule has 0 aromatic heterocycles. The van der Waals surface area contributed by atoms with Crippen LogP contribution >= 0.6 is 8.58 Å². The molecular weight excluding hydrogens is 357 g/mol. The average Bonchev–Trinajstić information content (AvgIpc) is 2.69. The van der Waals surface area contributed by atoms with Gasteiger partial charge in [-0.05, 0) is 47.6 Å². The molecule has 1 N–H and O–H groups in total. The summed E-state index contributed by atoms with van der Waals surface area (Å²) in [4.78, 5) is 15.9. The van der Waals surface area contributed by atoms with Crippen molar-refractivity contribution in [3.63, 3.8) is 0 Å². The third-order valence-electron chi connectivity index (χ3n) is 4.95. The minimum Gasteiger partial charge on any atom is -0.496 e. The van der Waals surface area contributed by atoms with Gasteiger partial charge in [-0.15, -0.1) is 0 Å². The number of hydrogen-bond donors (Lipinski definition) is 1. The monoisotopic (exact) mass is 385 g/mol. The predicted molar refractivity (Wildman–Crippen MR) is 113 cm³/mol. The Morgan fingerprint density at radius 1 is 1.33 bits per heavy atom. The van der Waals surface area contributed by atoms with Crippen LogP contribution in [0.2, 0.25) is 0 Å². The highest BCUT2D eigenvalue weighted by Gasteiger charge is 2.20. The lowest BCUT2D eigenvalue weighted by Crippen LogP contribution is -2.43. The van der Waals surface area contributed by atoms with Crippen LogP contribution in [0.4, 0.5) is 0 Å². The quantitative estimate of drug-likeness (QED) is 0.464. The second-order valence-corrected chi connectivity index (χ2v) is 8.22. The molecule has 1 saturated heterocycles. The number of benzene rings is 1. The summed E-state index contributed by atoms with van der Waals surface area (Å²) < 4.78 is 5.35. The van der Waals surface area contributed by atoms with Crippen LogP contribution in [0.25, 0.3) is 5.31 Å². The molecule has 2 heterocycles. The molecule has 2 atom stereocenters. The Morgan fingerprint density at radius 2 is 2.11 bits per heavy atom. The van der Waals surface area contributed by atoms with Crippen molar-refractivity contribution in [2.75, 3.05) is 40.3 Å². The number of carbonyl (C=O) groups excluding carboxylic acids is 1. The van der Waals surface area contributed by atoms with E-state index in [0.717, 1.165) is 54.7 Å². The van der Waals surface area contributed by atoms with Gasteiger partial charge in [-0.1, -0.05) is 20.7 Å². The van der Waals surface area contributed by atoms with Gasteiger partial charge in [0.15, 0.2) is 0 Å². The lowest BCUT2D eigenvalue weighted by molar-refractivity contribution is -0.104. The van der Waals surface area contributed by atoms with Crippen LogP contribution in [0, 0.1) is 6.92 Å². The molecule has 0 spiro atoms. The van der Waals surface area contributed by atoms with Crippen LogP contribution in [0.15, 0.2) is 48.3 Å². The molecule has 0 saturated carbocycles. The van der Waals surface area contributed by atoms with E-state index in [1.807, 2.05) is 19.1 Å². The molecular formula is C21H28N3O2P. The second kappa shape index (κ2) is 9.20. The predicted octanol–water partition coefficient (Wildman–Crippen LogP) is 2.80. The number of rotatable bonds is 6. The van der Waals surface area contributed by atoms with Gasteiger partial charge in [0.2, 0.25) is 0 Å². The van der Waals surface area contributed by atoms with E-state index in [2.05, 4.69) is 46.6 Å². The van der Waals surface area contributed by atoms with Crippen molar-refractivity contribution in [3.8, 4) is 5.75 Å². The normalized spacial score (nSPS) is 20.9. The third kappa shape index (κ3) is 4.79. The van der Waals surface area contributed by atoms with Crippen LogP contribution in [0.5, 0.6) is 5.75 Å². The SMILES string of the molecule is COc1ccc(/C(=C/C=O)PC2C=CC(N3CCNCC3)=CN2C)cc1C. The summed E-state index contributed by atoms with van der Waals surface area (Å²) in [6, 6.07) is 6.09. The number of nitrogens with one attached hydrogen (secondary N) is 1. The van der Waals surface area contributed by atoms with Gasteiger partial charge < -0.3 is 19.9 Å². The fourth-order valence-electron chi connectivity index (χ4n) is 3.42. The van der Waals surface area contributed by atoms with Gasteiger partial charge in [0.05, 0.1) is 18.6 Å². The van der Waals surface area contributed by atoms with Crippen molar-refractivity contribution in [1.82, 2.24) is 15.1 Å². The minimum atomic E-state index is 0.255. The van der Waals surface area contributed by atoms with Gasteiger partial charge in [-0.25, -0.2) is 0 Å². The second-order valence-electron chi connectivity index (χ2n) is 6.81. The summed E-state index contributed by atoms with van der Waals surface area (Å²) in [6.45, 7) is 6.17. The summed E-state index contributed by atoms with van der Waals surface area (Å²) in [5.41, 5.74) is 3.42. The van der Waals surface area contributed by atoms with Crippen molar-refractivity contribution in [2.24, 2.45) is 0 Å². The first-order chi connectivity index (χ1) is 13.1. The number of piperazine rings is 1. The summed E-state index contributed by atoms with van der Waals surface area (Å²) in [7, 11) is 4.27.